The SMILES string of the molecule is COc1ccccc1CNC(=O)CN(Cc1ccc2c(c1)OCO2)C(C)=O. The van der Waals surface area contributed by atoms with Gasteiger partial charge in [0.25, 0.3) is 0 Å². The van der Waals surface area contributed by atoms with Crippen LogP contribution in [0.25, 0.3) is 0 Å². The molecule has 142 valence electrons. The Balaban J connectivity index is 1.59. The van der Waals surface area contributed by atoms with Crippen LogP contribution in [0, 0.1) is 0 Å². The van der Waals surface area contributed by atoms with Gasteiger partial charge >= 0.3 is 0 Å². The molecule has 0 radical (unpaired) electrons. The first-order valence-corrected chi connectivity index (χ1v) is 8.59. The van der Waals surface area contributed by atoms with Gasteiger partial charge in [0, 0.05) is 25.6 Å². The average molecular weight is 370 g/mol. The fraction of sp³-hybridized carbons (Fsp3) is 0.300. The van der Waals surface area contributed by atoms with Crippen molar-refractivity contribution in [1.29, 1.82) is 0 Å². The summed E-state index contributed by atoms with van der Waals surface area (Å²) < 4.78 is 15.9. The van der Waals surface area contributed by atoms with Gasteiger partial charge in [-0.25, -0.2) is 0 Å². The zero-order valence-corrected chi connectivity index (χ0v) is 15.4. The number of nitrogens with zero attached hydrogens (tertiary/aromatic N) is 1. The van der Waals surface area contributed by atoms with Crippen LogP contribution in [-0.2, 0) is 22.7 Å². The van der Waals surface area contributed by atoms with Crippen LogP contribution in [0.4, 0.5) is 0 Å². The molecule has 1 heterocycles. The number of benzene rings is 2. The van der Waals surface area contributed by atoms with E-state index in [2.05, 4.69) is 5.32 Å². The molecule has 1 aliphatic heterocycles. The fourth-order valence-electron chi connectivity index (χ4n) is 2.81. The van der Waals surface area contributed by atoms with Gasteiger partial charge in [-0.3, -0.25) is 9.59 Å². The molecule has 0 aliphatic carbocycles. The second-order valence-corrected chi connectivity index (χ2v) is 6.15. The summed E-state index contributed by atoms with van der Waals surface area (Å²) in [5.41, 5.74) is 1.74. The Kier molecular flexibility index (Phi) is 5.80. The molecule has 0 saturated carbocycles. The third-order valence-electron chi connectivity index (χ3n) is 4.26. The van der Waals surface area contributed by atoms with E-state index in [4.69, 9.17) is 14.2 Å². The Bertz CT molecular complexity index is 837. The molecule has 7 heteroatoms. The minimum Gasteiger partial charge on any atom is -0.496 e. The lowest BCUT2D eigenvalue weighted by Crippen LogP contribution is -2.39. The van der Waals surface area contributed by atoms with Gasteiger partial charge in [-0.15, -0.1) is 0 Å². The number of rotatable bonds is 7. The number of methoxy groups -OCH3 is 1. The van der Waals surface area contributed by atoms with E-state index in [-0.39, 0.29) is 25.2 Å². The summed E-state index contributed by atoms with van der Waals surface area (Å²) in [5, 5.41) is 2.83. The van der Waals surface area contributed by atoms with E-state index >= 15 is 0 Å². The van der Waals surface area contributed by atoms with Crippen molar-refractivity contribution >= 4 is 11.8 Å². The van der Waals surface area contributed by atoms with Crippen LogP contribution in [0.5, 0.6) is 17.2 Å². The lowest BCUT2D eigenvalue weighted by Gasteiger charge is -2.21. The van der Waals surface area contributed by atoms with Gasteiger partial charge in [-0.05, 0) is 23.8 Å². The topological polar surface area (TPSA) is 77.1 Å². The zero-order chi connectivity index (χ0) is 19.2. The molecule has 1 N–H and O–H groups in total. The first-order valence-electron chi connectivity index (χ1n) is 8.59. The Morgan fingerprint density at radius 3 is 2.70 bits per heavy atom. The number of ether oxygens (including phenoxy) is 3. The predicted molar refractivity (Wildman–Crippen MR) is 98.5 cm³/mol. The molecule has 0 unspecified atom stereocenters. The van der Waals surface area contributed by atoms with Gasteiger partial charge < -0.3 is 24.4 Å². The van der Waals surface area contributed by atoms with Crippen LogP contribution < -0.4 is 19.5 Å². The Hall–Kier alpha value is -3.22. The van der Waals surface area contributed by atoms with Crippen molar-refractivity contribution in [2.75, 3.05) is 20.4 Å². The van der Waals surface area contributed by atoms with Crippen LogP contribution in [0.1, 0.15) is 18.1 Å². The highest BCUT2D eigenvalue weighted by Crippen LogP contribution is 2.32. The van der Waals surface area contributed by atoms with Crippen LogP contribution in [0.3, 0.4) is 0 Å². The van der Waals surface area contributed by atoms with E-state index in [0.717, 1.165) is 11.1 Å². The van der Waals surface area contributed by atoms with E-state index in [1.807, 2.05) is 36.4 Å². The molecule has 0 fully saturated rings. The molecule has 0 spiro atoms. The molecule has 2 amide bonds. The molecule has 3 rings (SSSR count). The maximum Gasteiger partial charge on any atom is 0.239 e. The van der Waals surface area contributed by atoms with E-state index in [9.17, 15) is 9.59 Å². The second-order valence-electron chi connectivity index (χ2n) is 6.15. The second kappa shape index (κ2) is 8.44. The molecule has 1 aliphatic rings. The molecule has 27 heavy (non-hydrogen) atoms. The van der Waals surface area contributed by atoms with E-state index < -0.39 is 0 Å². The van der Waals surface area contributed by atoms with E-state index in [0.29, 0.717) is 30.3 Å². The third kappa shape index (κ3) is 4.69. The van der Waals surface area contributed by atoms with Crippen LogP contribution >= 0.6 is 0 Å². The summed E-state index contributed by atoms with van der Waals surface area (Å²) in [7, 11) is 1.59. The minimum absolute atomic E-state index is 0.0288. The number of carbonyl (C=O) groups is 2. The summed E-state index contributed by atoms with van der Waals surface area (Å²) in [5.74, 6) is 1.62. The molecule has 2 aromatic carbocycles. The maximum absolute atomic E-state index is 12.3. The number of fused-ring (bicyclic) bond motifs is 1. The molecule has 7 nitrogen and oxygen atoms in total. The van der Waals surface area contributed by atoms with Gasteiger partial charge in [0.05, 0.1) is 13.7 Å². The van der Waals surface area contributed by atoms with Crippen molar-refractivity contribution < 1.29 is 23.8 Å². The summed E-state index contributed by atoms with van der Waals surface area (Å²) >= 11 is 0. The van der Waals surface area contributed by atoms with Gasteiger partial charge in [0.1, 0.15) is 5.75 Å². The van der Waals surface area contributed by atoms with Gasteiger partial charge in [-0.2, -0.15) is 0 Å². The molecular formula is C20H22N2O5. The van der Waals surface area contributed by atoms with Crippen molar-refractivity contribution in [1.82, 2.24) is 10.2 Å². The molecule has 0 atom stereocenters. The maximum atomic E-state index is 12.3. The molecule has 0 bridgehead atoms. The third-order valence-corrected chi connectivity index (χ3v) is 4.26. The quantitative estimate of drug-likeness (QED) is 0.808. The lowest BCUT2D eigenvalue weighted by atomic mass is 10.2. The molecule has 2 aromatic rings. The summed E-state index contributed by atoms with van der Waals surface area (Å²) in [6.07, 6.45) is 0. The van der Waals surface area contributed by atoms with Gasteiger partial charge in [0.2, 0.25) is 18.6 Å². The van der Waals surface area contributed by atoms with E-state index in [1.54, 1.807) is 13.2 Å². The summed E-state index contributed by atoms with van der Waals surface area (Å²) in [6.45, 7) is 2.26. The number of amides is 2. The first-order chi connectivity index (χ1) is 13.1. The Labute approximate surface area is 157 Å². The number of carbonyl (C=O) groups excluding carboxylic acids is 2. The van der Waals surface area contributed by atoms with E-state index in [1.165, 1.54) is 11.8 Å². The lowest BCUT2D eigenvalue weighted by molar-refractivity contribution is -0.135. The monoisotopic (exact) mass is 370 g/mol. The average Bonchev–Trinajstić information content (AvgIpc) is 3.13. The Morgan fingerprint density at radius 1 is 1.15 bits per heavy atom. The summed E-state index contributed by atoms with van der Waals surface area (Å²) in [4.78, 5) is 25.8. The van der Waals surface area contributed by atoms with Gasteiger partial charge in [-0.1, -0.05) is 24.3 Å². The molecule has 0 saturated heterocycles. The van der Waals surface area contributed by atoms with Crippen molar-refractivity contribution in [2.45, 2.75) is 20.0 Å². The largest absolute Gasteiger partial charge is 0.496 e. The van der Waals surface area contributed by atoms with Gasteiger partial charge in [0.15, 0.2) is 11.5 Å². The van der Waals surface area contributed by atoms with Crippen molar-refractivity contribution in [3.05, 3.63) is 53.6 Å². The Morgan fingerprint density at radius 2 is 1.93 bits per heavy atom. The normalized spacial score (nSPS) is 11.8. The van der Waals surface area contributed by atoms with Crippen LogP contribution in [0.15, 0.2) is 42.5 Å². The first kappa shape index (κ1) is 18.6. The summed E-state index contributed by atoms with van der Waals surface area (Å²) in [6, 6.07) is 13.0. The van der Waals surface area contributed by atoms with Crippen molar-refractivity contribution in [2.24, 2.45) is 0 Å². The molecular weight excluding hydrogens is 348 g/mol. The van der Waals surface area contributed by atoms with Crippen LogP contribution in [-0.4, -0.2) is 37.2 Å². The van der Waals surface area contributed by atoms with Crippen molar-refractivity contribution in [3.8, 4) is 17.2 Å². The number of nitrogens with one attached hydrogen (secondary N) is 1. The minimum atomic E-state index is -0.239. The number of para-hydroxylation sites is 1. The number of hydrogen-bond donors (Lipinski definition) is 1. The highest BCUT2D eigenvalue weighted by atomic mass is 16.7. The highest BCUT2D eigenvalue weighted by molar-refractivity contribution is 5.83. The smallest absolute Gasteiger partial charge is 0.239 e. The molecule has 0 aromatic heterocycles. The standard InChI is InChI=1S/C20H22N2O5/c1-14(23)22(11-15-7-8-18-19(9-15)27-13-26-18)12-20(24)21-10-16-5-3-4-6-17(16)25-2/h3-9H,10-13H2,1-2H3,(H,21,24). The highest BCUT2D eigenvalue weighted by Gasteiger charge is 2.18. The fourth-order valence-corrected chi connectivity index (χ4v) is 2.81. The van der Waals surface area contributed by atoms with Crippen LogP contribution in [0.2, 0.25) is 0 Å². The predicted octanol–water partition coefficient (Wildman–Crippen LogP) is 2.09. The zero-order valence-electron chi connectivity index (χ0n) is 15.4. The number of hydrogen-bond acceptors (Lipinski definition) is 5. The van der Waals surface area contributed by atoms with Crippen molar-refractivity contribution in [3.63, 3.8) is 0 Å².